The quantitative estimate of drug-likeness (QED) is 0.818. The van der Waals surface area contributed by atoms with Gasteiger partial charge in [0, 0.05) is 10.9 Å². The number of aryl methyl sites for hydroxylation is 2. The minimum absolute atomic E-state index is 0.500. The number of thiocarbonyl (C=S) groups is 1. The lowest BCUT2D eigenvalue weighted by atomic mass is 10.0. The van der Waals surface area contributed by atoms with Crippen molar-refractivity contribution < 1.29 is 9.47 Å². The summed E-state index contributed by atoms with van der Waals surface area (Å²) in [7, 11) is 3.24. The van der Waals surface area contributed by atoms with Gasteiger partial charge in [0.1, 0.15) is 11.5 Å². The molecule has 0 atom stereocenters. The average molecular weight is 349 g/mol. The molecule has 0 fully saturated rings. The highest BCUT2D eigenvalue weighted by Crippen LogP contribution is 2.31. The molecule has 2 N–H and O–H groups in total. The lowest BCUT2D eigenvalue weighted by Crippen LogP contribution is -2.19. The van der Waals surface area contributed by atoms with Crippen LogP contribution in [0, 0.1) is 0 Å². The van der Waals surface area contributed by atoms with Gasteiger partial charge in [0.05, 0.1) is 25.6 Å². The topological polar surface area (TPSA) is 55.4 Å². The molecule has 1 heterocycles. The maximum absolute atomic E-state index is 5.39. The molecule has 0 saturated heterocycles. The van der Waals surface area contributed by atoms with Crippen LogP contribution in [0.25, 0.3) is 0 Å². The van der Waals surface area contributed by atoms with E-state index in [2.05, 4.69) is 15.6 Å². The summed E-state index contributed by atoms with van der Waals surface area (Å²) in [5, 5.41) is 7.67. The highest BCUT2D eigenvalue weighted by Gasteiger charge is 2.16. The first kappa shape index (κ1) is 16.0. The molecule has 0 spiro atoms. The molecule has 0 bridgehead atoms. The normalized spacial score (nSPS) is 13.1. The zero-order valence-electron chi connectivity index (χ0n) is 13.1. The Morgan fingerprint density at radius 2 is 2.00 bits per heavy atom. The van der Waals surface area contributed by atoms with Crippen LogP contribution in [0.1, 0.15) is 23.4 Å². The van der Waals surface area contributed by atoms with Crippen LogP contribution in [0.5, 0.6) is 11.5 Å². The number of ether oxygens (including phenoxy) is 2. The number of nitrogens with zero attached hydrogens (tertiary/aromatic N) is 1. The van der Waals surface area contributed by atoms with Crippen LogP contribution in [-0.4, -0.2) is 24.3 Å². The molecule has 1 aromatic carbocycles. The zero-order valence-corrected chi connectivity index (χ0v) is 14.8. The van der Waals surface area contributed by atoms with E-state index in [1.165, 1.54) is 23.4 Å². The van der Waals surface area contributed by atoms with Crippen LogP contribution in [0.15, 0.2) is 18.2 Å². The van der Waals surface area contributed by atoms with Gasteiger partial charge in [0.2, 0.25) is 0 Å². The Bertz CT molecular complexity index is 692. The van der Waals surface area contributed by atoms with Crippen molar-refractivity contribution in [1.82, 2.24) is 4.98 Å². The summed E-state index contributed by atoms with van der Waals surface area (Å²) in [5.41, 5.74) is 2.00. The van der Waals surface area contributed by atoms with Gasteiger partial charge in [0.15, 0.2) is 10.2 Å². The second kappa shape index (κ2) is 7.14. The van der Waals surface area contributed by atoms with Crippen LogP contribution < -0.4 is 20.1 Å². The summed E-state index contributed by atoms with van der Waals surface area (Å²) in [6.07, 6.45) is 4.67. The summed E-state index contributed by atoms with van der Waals surface area (Å²) >= 11 is 7.07. The lowest BCUT2D eigenvalue weighted by molar-refractivity contribution is 0.395. The van der Waals surface area contributed by atoms with Gasteiger partial charge in [-0.05, 0) is 50.0 Å². The number of methoxy groups -OCH3 is 2. The molecule has 1 aliphatic carbocycles. The SMILES string of the molecule is COc1ccc(NC(=S)Nc2nc3c(s2)CCCC3)c(OC)c1. The van der Waals surface area contributed by atoms with Gasteiger partial charge in [0.25, 0.3) is 0 Å². The lowest BCUT2D eigenvalue weighted by Gasteiger charge is -2.13. The summed E-state index contributed by atoms with van der Waals surface area (Å²) < 4.78 is 10.6. The number of thiazole rings is 1. The van der Waals surface area contributed by atoms with Crippen molar-refractivity contribution >= 4 is 39.5 Å². The predicted molar refractivity (Wildman–Crippen MR) is 98.1 cm³/mol. The number of hydrogen-bond acceptors (Lipinski definition) is 5. The second-order valence-electron chi connectivity index (χ2n) is 5.24. The molecule has 0 amide bonds. The molecule has 5 nitrogen and oxygen atoms in total. The van der Waals surface area contributed by atoms with Crippen LogP contribution in [0.2, 0.25) is 0 Å². The fourth-order valence-corrected chi connectivity index (χ4v) is 3.88. The molecule has 0 radical (unpaired) electrons. The molecule has 0 unspecified atom stereocenters. The molecule has 7 heteroatoms. The molecule has 3 rings (SSSR count). The highest BCUT2D eigenvalue weighted by atomic mass is 32.1. The highest BCUT2D eigenvalue weighted by molar-refractivity contribution is 7.80. The summed E-state index contributed by atoms with van der Waals surface area (Å²) in [5.74, 6) is 1.41. The Kier molecular flexibility index (Phi) is 4.97. The third kappa shape index (κ3) is 3.73. The molecular weight excluding hydrogens is 330 g/mol. The van der Waals surface area contributed by atoms with E-state index in [0.717, 1.165) is 29.4 Å². The average Bonchev–Trinajstić information content (AvgIpc) is 2.97. The number of benzene rings is 1. The summed E-state index contributed by atoms with van der Waals surface area (Å²) in [6.45, 7) is 0. The van der Waals surface area contributed by atoms with Crippen molar-refractivity contribution in [3.05, 3.63) is 28.8 Å². The van der Waals surface area contributed by atoms with Crippen molar-refractivity contribution in [1.29, 1.82) is 0 Å². The van der Waals surface area contributed by atoms with Crippen molar-refractivity contribution in [2.24, 2.45) is 0 Å². The Hall–Kier alpha value is -1.86. The number of fused-ring (bicyclic) bond motifs is 1. The zero-order chi connectivity index (χ0) is 16.2. The smallest absolute Gasteiger partial charge is 0.189 e. The molecule has 1 aromatic heterocycles. The van der Waals surface area contributed by atoms with E-state index in [-0.39, 0.29) is 0 Å². The van der Waals surface area contributed by atoms with Gasteiger partial charge in [-0.1, -0.05) is 0 Å². The van der Waals surface area contributed by atoms with Crippen LogP contribution >= 0.6 is 23.6 Å². The fraction of sp³-hybridized carbons (Fsp3) is 0.375. The van der Waals surface area contributed by atoms with Crippen LogP contribution in [0.3, 0.4) is 0 Å². The Morgan fingerprint density at radius 3 is 2.74 bits per heavy atom. The van der Waals surface area contributed by atoms with Gasteiger partial charge < -0.3 is 20.1 Å². The maximum atomic E-state index is 5.39. The van der Waals surface area contributed by atoms with E-state index in [1.807, 2.05) is 18.2 Å². The molecule has 23 heavy (non-hydrogen) atoms. The number of nitrogens with one attached hydrogen (secondary N) is 2. The summed E-state index contributed by atoms with van der Waals surface area (Å²) in [6, 6.07) is 5.54. The first-order valence-corrected chi connectivity index (χ1v) is 8.70. The minimum atomic E-state index is 0.500. The van der Waals surface area contributed by atoms with Gasteiger partial charge in [-0.25, -0.2) is 4.98 Å². The van der Waals surface area contributed by atoms with Crippen molar-refractivity contribution in [3.8, 4) is 11.5 Å². The van der Waals surface area contributed by atoms with E-state index in [4.69, 9.17) is 21.7 Å². The van der Waals surface area contributed by atoms with E-state index in [1.54, 1.807) is 25.6 Å². The third-order valence-corrected chi connectivity index (χ3v) is 5.00. The first-order valence-electron chi connectivity index (χ1n) is 7.48. The number of hydrogen-bond donors (Lipinski definition) is 2. The van der Waals surface area contributed by atoms with E-state index in [0.29, 0.717) is 10.9 Å². The molecule has 1 aliphatic rings. The maximum Gasteiger partial charge on any atom is 0.189 e. The van der Waals surface area contributed by atoms with Gasteiger partial charge in [-0.2, -0.15) is 0 Å². The monoisotopic (exact) mass is 349 g/mol. The number of aromatic nitrogens is 1. The standard InChI is InChI=1S/C16H19N3O2S2/c1-20-10-7-8-11(13(9-10)21-2)17-15(22)19-16-18-12-5-3-4-6-14(12)23-16/h7-9H,3-6H2,1-2H3,(H2,17,18,19,22). The molecular formula is C16H19N3O2S2. The second-order valence-corrected chi connectivity index (χ2v) is 6.73. The molecule has 0 saturated carbocycles. The summed E-state index contributed by atoms with van der Waals surface area (Å²) in [4.78, 5) is 6.01. The third-order valence-electron chi connectivity index (χ3n) is 3.72. The van der Waals surface area contributed by atoms with Gasteiger partial charge >= 0.3 is 0 Å². The van der Waals surface area contributed by atoms with E-state index in [9.17, 15) is 0 Å². The van der Waals surface area contributed by atoms with E-state index >= 15 is 0 Å². The largest absolute Gasteiger partial charge is 0.497 e. The molecule has 2 aromatic rings. The van der Waals surface area contributed by atoms with Gasteiger partial charge in [-0.3, -0.25) is 0 Å². The minimum Gasteiger partial charge on any atom is -0.497 e. The number of rotatable bonds is 4. The van der Waals surface area contributed by atoms with Gasteiger partial charge in [-0.15, -0.1) is 11.3 Å². The fourth-order valence-electron chi connectivity index (χ4n) is 2.56. The van der Waals surface area contributed by atoms with Crippen LogP contribution in [-0.2, 0) is 12.8 Å². The number of anilines is 2. The van der Waals surface area contributed by atoms with Crippen molar-refractivity contribution in [3.63, 3.8) is 0 Å². The van der Waals surface area contributed by atoms with Crippen molar-refractivity contribution in [2.75, 3.05) is 24.9 Å². The Labute approximate surface area is 145 Å². The Balaban J connectivity index is 1.68. The Morgan fingerprint density at radius 1 is 1.17 bits per heavy atom. The van der Waals surface area contributed by atoms with Crippen LogP contribution in [0.4, 0.5) is 10.8 Å². The van der Waals surface area contributed by atoms with Crippen molar-refractivity contribution in [2.45, 2.75) is 25.7 Å². The molecule has 122 valence electrons. The predicted octanol–water partition coefficient (Wildman–Crippen LogP) is 3.85. The first-order chi connectivity index (χ1) is 11.2. The molecule has 0 aliphatic heterocycles. The van der Waals surface area contributed by atoms with E-state index < -0.39 is 0 Å².